The minimum absolute atomic E-state index is 0.0757. The molecule has 3 aromatic rings. The molecule has 1 saturated heterocycles. The lowest BCUT2D eigenvalue weighted by Crippen LogP contribution is -2.41. The van der Waals surface area contributed by atoms with E-state index in [9.17, 15) is 37.1 Å². The van der Waals surface area contributed by atoms with E-state index >= 15 is 8.78 Å². The molecule has 286 valence electrons. The molecule has 0 saturated carbocycles. The first-order valence-corrected chi connectivity index (χ1v) is 17.6. The summed E-state index contributed by atoms with van der Waals surface area (Å²) >= 11 is 0. The van der Waals surface area contributed by atoms with E-state index in [1.807, 2.05) is 13.8 Å². The van der Waals surface area contributed by atoms with Crippen molar-refractivity contribution in [2.24, 2.45) is 5.92 Å². The van der Waals surface area contributed by atoms with Crippen molar-refractivity contribution in [2.75, 3.05) is 13.1 Å². The van der Waals surface area contributed by atoms with Crippen molar-refractivity contribution in [3.05, 3.63) is 91.6 Å². The normalized spacial score (nSPS) is 15.3. The molecular weight excluding hydrogens is 700 g/mol. The van der Waals surface area contributed by atoms with E-state index < -0.39 is 76.6 Å². The molecular formula is C40H45F6N3O4. The van der Waals surface area contributed by atoms with Crippen LogP contribution in [0.1, 0.15) is 112 Å². The maximum Gasteiger partial charge on any atom is 0.416 e. The molecule has 0 aliphatic carbocycles. The Morgan fingerprint density at radius 1 is 0.981 bits per heavy atom. The van der Waals surface area contributed by atoms with Gasteiger partial charge in [-0.1, -0.05) is 19.8 Å². The molecule has 1 aromatic heterocycles. The van der Waals surface area contributed by atoms with E-state index in [4.69, 9.17) is 0 Å². The predicted octanol–water partition coefficient (Wildman–Crippen LogP) is 8.45. The maximum atomic E-state index is 16.7. The first-order chi connectivity index (χ1) is 24.7. The molecule has 53 heavy (non-hydrogen) atoms. The minimum atomic E-state index is -4.86. The molecule has 1 amide bonds. The van der Waals surface area contributed by atoms with Gasteiger partial charge in [-0.15, -0.1) is 5.92 Å². The molecule has 0 spiro atoms. The fourth-order valence-electron chi connectivity index (χ4n) is 7.27. The number of nitrogens with zero attached hydrogens (tertiary/aromatic N) is 2. The summed E-state index contributed by atoms with van der Waals surface area (Å²) in [6, 6.07) is 0.798. The van der Waals surface area contributed by atoms with Gasteiger partial charge in [0.25, 0.3) is 5.56 Å². The standard InChI is InChI=1S/C40H45F6N3O4/c1-8-9-26-17-28(35-23(6)15-27(41)16-24(35)7)38(43)36(37(26)42)31(19-34(51)52)47-39(53)32(14-21(2)3)49-20-29(30(18-33(49)50)40(44,45)46)25-10-12-48(13-11-25)22(4)5/h15-18,20-22,25,31-32H,10-14,19H2,1-7H3,(H,47,53)(H,51,52)/t31-,32-/m0/s1. The van der Waals surface area contributed by atoms with Crippen LogP contribution >= 0.6 is 0 Å². The van der Waals surface area contributed by atoms with Gasteiger partial charge in [0.15, 0.2) is 0 Å². The highest BCUT2D eigenvalue weighted by molar-refractivity contribution is 5.82. The van der Waals surface area contributed by atoms with Crippen LogP contribution in [0, 0.1) is 49.1 Å². The number of amides is 1. The Labute approximate surface area is 305 Å². The van der Waals surface area contributed by atoms with Crippen molar-refractivity contribution in [1.29, 1.82) is 0 Å². The molecule has 1 aliphatic rings. The number of alkyl halides is 3. The van der Waals surface area contributed by atoms with Gasteiger partial charge in [0.2, 0.25) is 5.91 Å². The molecule has 2 aromatic carbocycles. The van der Waals surface area contributed by atoms with Crippen LogP contribution in [-0.4, -0.2) is 45.6 Å². The second kappa shape index (κ2) is 16.6. The number of carbonyl (C=O) groups excluding carboxylic acids is 1. The van der Waals surface area contributed by atoms with Crippen molar-refractivity contribution < 1.29 is 41.0 Å². The number of benzene rings is 2. The maximum absolute atomic E-state index is 16.7. The molecule has 2 N–H and O–H groups in total. The molecule has 0 bridgehead atoms. The van der Waals surface area contributed by atoms with Gasteiger partial charge in [0.05, 0.1) is 23.6 Å². The number of likely N-dealkylation sites (tertiary alicyclic amines) is 1. The first-order valence-electron chi connectivity index (χ1n) is 17.6. The monoisotopic (exact) mass is 745 g/mol. The molecule has 4 rings (SSSR count). The summed E-state index contributed by atoms with van der Waals surface area (Å²) in [4.78, 5) is 42.0. The summed E-state index contributed by atoms with van der Waals surface area (Å²) in [6.45, 7) is 12.9. The van der Waals surface area contributed by atoms with Gasteiger partial charge >= 0.3 is 12.1 Å². The topological polar surface area (TPSA) is 91.6 Å². The summed E-state index contributed by atoms with van der Waals surface area (Å²) < 4.78 is 91.1. The number of halogens is 6. The van der Waals surface area contributed by atoms with Gasteiger partial charge in [-0.2, -0.15) is 13.2 Å². The lowest BCUT2D eigenvalue weighted by atomic mass is 9.86. The number of carboxylic acid groups (broad SMARTS) is 1. The summed E-state index contributed by atoms with van der Waals surface area (Å²) in [5.74, 6) is -1.37. The molecule has 1 fully saturated rings. The summed E-state index contributed by atoms with van der Waals surface area (Å²) in [5, 5.41) is 12.3. The lowest BCUT2D eigenvalue weighted by molar-refractivity contribution is -0.139. The van der Waals surface area contributed by atoms with Crippen LogP contribution in [-0.2, 0) is 15.8 Å². The molecule has 1 aliphatic heterocycles. The van der Waals surface area contributed by atoms with Crippen LogP contribution in [0.3, 0.4) is 0 Å². The van der Waals surface area contributed by atoms with Crippen molar-refractivity contribution in [2.45, 2.75) is 104 Å². The van der Waals surface area contributed by atoms with Crippen LogP contribution in [0.15, 0.2) is 35.3 Å². The SMILES string of the molecule is CC#Cc1cc(-c2c(C)cc(F)cc2C)c(F)c([C@H](CC(=O)O)NC(=O)[C@H](CC(C)C)n2cc(C3CCN(C(C)C)CC3)c(C(F)(F)F)cc2=O)c1F. The quantitative estimate of drug-likeness (QED) is 0.152. The van der Waals surface area contributed by atoms with E-state index in [1.54, 1.807) is 13.8 Å². The number of nitrogens with one attached hydrogen (secondary N) is 1. The fourth-order valence-corrected chi connectivity index (χ4v) is 7.27. The number of aryl methyl sites for hydroxylation is 2. The number of hydrogen-bond donors (Lipinski definition) is 2. The second-order valence-electron chi connectivity index (χ2n) is 14.4. The highest BCUT2D eigenvalue weighted by Gasteiger charge is 2.39. The van der Waals surface area contributed by atoms with E-state index in [0.29, 0.717) is 43.1 Å². The highest BCUT2D eigenvalue weighted by Crippen LogP contribution is 2.40. The van der Waals surface area contributed by atoms with Crippen LogP contribution in [0.2, 0.25) is 0 Å². The van der Waals surface area contributed by atoms with Crippen LogP contribution in [0.4, 0.5) is 26.3 Å². The molecule has 0 unspecified atom stereocenters. The number of aliphatic carboxylic acids is 1. The number of carboxylic acids is 1. The fraction of sp³-hybridized carbons (Fsp3) is 0.475. The average molecular weight is 746 g/mol. The van der Waals surface area contributed by atoms with Crippen molar-refractivity contribution >= 4 is 11.9 Å². The number of hydrogen-bond acceptors (Lipinski definition) is 4. The molecule has 2 atom stereocenters. The van der Waals surface area contributed by atoms with Crippen molar-refractivity contribution in [3.63, 3.8) is 0 Å². The van der Waals surface area contributed by atoms with Gasteiger partial charge in [-0.05, 0) is 119 Å². The number of piperidine rings is 1. The number of pyridine rings is 1. The molecule has 13 heteroatoms. The van der Waals surface area contributed by atoms with E-state index in [1.165, 1.54) is 20.8 Å². The Balaban J connectivity index is 1.88. The zero-order chi connectivity index (χ0) is 39.5. The number of rotatable bonds is 11. The summed E-state index contributed by atoms with van der Waals surface area (Å²) in [5.41, 5.74) is -2.85. The lowest BCUT2D eigenvalue weighted by Gasteiger charge is -2.36. The van der Waals surface area contributed by atoms with Gasteiger partial charge < -0.3 is 19.9 Å². The smallest absolute Gasteiger partial charge is 0.416 e. The third-order valence-electron chi connectivity index (χ3n) is 9.75. The van der Waals surface area contributed by atoms with Gasteiger partial charge in [0.1, 0.15) is 23.5 Å². The second-order valence-corrected chi connectivity index (χ2v) is 14.4. The van der Waals surface area contributed by atoms with Crippen LogP contribution < -0.4 is 10.9 Å². The van der Waals surface area contributed by atoms with Gasteiger partial charge in [0, 0.05) is 29.4 Å². The third-order valence-corrected chi connectivity index (χ3v) is 9.75. The Morgan fingerprint density at radius 3 is 2.09 bits per heavy atom. The zero-order valence-electron chi connectivity index (χ0n) is 30.9. The highest BCUT2D eigenvalue weighted by atomic mass is 19.4. The van der Waals surface area contributed by atoms with Crippen molar-refractivity contribution in [1.82, 2.24) is 14.8 Å². The minimum Gasteiger partial charge on any atom is -0.481 e. The Kier molecular flexibility index (Phi) is 12.9. The number of carbonyl (C=O) groups is 2. The number of aromatic nitrogens is 1. The Bertz CT molecular complexity index is 1960. The average Bonchev–Trinajstić information content (AvgIpc) is 3.04. The van der Waals surface area contributed by atoms with Crippen LogP contribution in [0.25, 0.3) is 11.1 Å². The molecule has 7 nitrogen and oxygen atoms in total. The predicted molar refractivity (Wildman–Crippen MR) is 190 cm³/mol. The van der Waals surface area contributed by atoms with Crippen molar-refractivity contribution in [3.8, 4) is 23.0 Å². The van der Waals surface area contributed by atoms with E-state index in [0.717, 1.165) is 29.0 Å². The van der Waals surface area contributed by atoms with Gasteiger partial charge in [-0.3, -0.25) is 14.4 Å². The summed E-state index contributed by atoms with van der Waals surface area (Å²) in [6.07, 6.45) is -4.10. The zero-order valence-corrected chi connectivity index (χ0v) is 30.9. The third kappa shape index (κ3) is 9.33. The molecule has 0 radical (unpaired) electrons. The largest absolute Gasteiger partial charge is 0.481 e. The molecule has 2 heterocycles. The summed E-state index contributed by atoms with van der Waals surface area (Å²) in [7, 11) is 0. The first kappa shape index (κ1) is 41.2. The Hall–Kier alpha value is -4.57. The van der Waals surface area contributed by atoms with Gasteiger partial charge in [-0.25, -0.2) is 13.2 Å². The Morgan fingerprint density at radius 2 is 1.58 bits per heavy atom. The van der Waals surface area contributed by atoms with E-state index in [2.05, 4.69) is 22.1 Å². The van der Waals surface area contributed by atoms with E-state index in [-0.39, 0.29) is 40.6 Å². The van der Waals surface area contributed by atoms with Crippen LogP contribution in [0.5, 0.6) is 0 Å².